The minimum atomic E-state index is 0.0563. The highest BCUT2D eigenvalue weighted by Crippen LogP contribution is 2.19. The second kappa shape index (κ2) is 8.65. The molecule has 1 aromatic heterocycles. The fourth-order valence-electron chi connectivity index (χ4n) is 3.12. The fourth-order valence-corrected chi connectivity index (χ4v) is 3.12. The van der Waals surface area contributed by atoms with Gasteiger partial charge in [-0.05, 0) is 23.6 Å². The normalized spacial score (nSPS) is 12.2. The molecule has 3 rings (SSSR count). The monoisotopic (exact) mass is 349 g/mol. The van der Waals surface area contributed by atoms with E-state index < -0.39 is 0 Å². The van der Waals surface area contributed by atoms with E-state index in [2.05, 4.69) is 41.9 Å². The molecule has 1 heterocycles. The fraction of sp³-hybridized carbons (Fsp3) is 0.364. The van der Waals surface area contributed by atoms with Gasteiger partial charge in [-0.25, -0.2) is 4.98 Å². The molecule has 136 valence electrons. The number of hydrogen-bond acceptors (Lipinski definition) is 2. The van der Waals surface area contributed by atoms with Gasteiger partial charge in [0.05, 0.1) is 17.5 Å². The Hall–Kier alpha value is -2.62. The van der Waals surface area contributed by atoms with E-state index in [9.17, 15) is 4.79 Å². The molecule has 0 spiro atoms. The molecule has 1 N–H and O–H groups in total. The number of carbonyl (C=O) groups excluding carboxylic acids is 1. The largest absolute Gasteiger partial charge is 0.355 e. The summed E-state index contributed by atoms with van der Waals surface area (Å²) < 4.78 is 2.31. The Morgan fingerprint density at radius 2 is 1.85 bits per heavy atom. The molecule has 0 aliphatic carbocycles. The van der Waals surface area contributed by atoms with Crippen LogP contribution in [0.5, 0.6) is 0 Å². The summed E-state index contributed by atoms with van der Waals surface area (Å²) in [4.78, 5) is 16.9. The van der Waals surface area contributed by atoms with Crippen LogP contribution in [-0.4, -0.2) is 22.0 Å². The molecule has 0 fully saturated rings. The van der Waals surface area contributed by atoms with Crippen LogP contribution in [0.15, 0.2) is 54.6 Å². The number of aromatic nitrogens is 2. The maximum absolute atomic E-state index is 12.1. The number of rotatable bonds is 8. The molecule has 26 heavy (non-hydrogen) atoms. The summed E-state index contributed by atoms with van der Waals surface area (Å²) in [5, 5.41) is 3.03. The van der Waals surface area contributed by atoms with Gasteiger partial charge in [0.15, 0.2) is 0 Å². The Balaban J connectivity index is 1.64. The summed E-state index contributed by atoms with van der Waals surface area (Å²) in [5.74, 6) is 1.70. The number of nitrogens with one attached hydrogen (secondary N) is 1. The number of imidazole rings is 1. The summed E-state index contributed by atoms with van der Waals surface area (Å²) in [6, 6.07) is 18.1. The van der Waals surface area contributed by atoms with E-state index in [1.807, 2.05) is 36.4 Å². The Morgan fingerprint density at radius 3 is 2.62 bits per heavy atom. The predicted octanol–water partition coefficient (Wildman–Crippen LogP) is 3.98. The van der Waals surface area contributed by atoms with Crippen LogP contribution in [0.3, 0.4) is 0 Å². The van der Waals surface area contributed by atoms with Gasteiger partial charge in [-0.2, -0.15) is 0 Å². The molecule has 0 saturated heterocycles. The van der Waals surface area contributed by atoms with Crippen LogP contribution in [0, 0.1) is 5.92 Å². The average molecular weight is 349 g/mol. The van der Waals surface area contributed by atoms with E-state index >= 15 is 0 Å². The smallest absolute Gasteiger partial charge is 0.224 e. The van der Waals surface area contributed by atoms with Crippen LogP contribution in [0.2, 0.25) is 0 Å². The molecule has 0 bridgehead atoms. The summed E-state index contributed by atoms with van der Waals surface area (Å²) in [7, 11) is 0. The van der Waals surface area contributed by atoms with Crippen molar-refractivity contribution in [1.82, 2.24) is 14.9 Å². The third-order valence-corrected chi connectivity index (χ3v) is 4.80. The van der Waals surface area contributed by atoms with Crippen LogP contribution in [-0.2, 0) is 24.2 Å². The summed E-state index contributed by atoms with van der Waals surface area (Å²) >= 11 is 0. The van der Waals surface area contributed by atoms with E-state index in [1.54, 1.807) is 0 Å². The number of hydrogen-bond donors (Lipinski definition) is 1. The van der Waals surface area contributed by atoms with Crippen molar-refractivity contribution in [2.75, 3.05) is 6.54 Å². The van der Waals surface area contributed by atoms with Crippen molar-refractivity contribution in [3.05, 3.63) is 66.0 Å². The average Bonchev–Trinajstić information content (AvgIpc) is 3.00. The van der Waals surface area contributed by atoms with Gasteiger partial charge >= 0.3 is 0 Å². The molecule has 1 atom stereocenters. The first-order chi connectivity index (χ1) is 12.7. The van der Waals surface area contributed by atoms with E-state index in [-0.39, 0.29) is 5.91 Å². The first-order valence-electron chi connectivity index (χ1n) is 9.42. The molecule has 0 aliphatic heterocycles. The van der Waals surface area contributed by atoms with Crippen molar-refractivity contribution in [1.29, 1.82) is 0 Å². The lowest BCUT2D eigenvalue weighted by Gasteiger charge is -2.14. The second-order valence-corrected chi connectivity index (χ2v) is 6.90. The molecule has 1 unspecified atom stereocenters. The van der Waals surface area contributed by atoms with Crippen molar-refractivity contribution in [3.63, 3.8) is 0 Å². The molecule has 0 saturated carbocycles. The van der Waals surface area contributed by atoms with Crippen molar-refractivity contribution in [3.8, 4) is 0 Å². The topological polar surface area (TPSA) is 46.9 Å². The molecule has 3 aromatic rings. The number of benzene rings is 2. The number of fused-ring (bicyclic) bond motifs is 1. The van der Waals surface area contributed by atoms with Crippen LogP contribution in [0.25, 0.3) is 11.0 Å². The quantitative estimate of drug-likeness (QED) is 0.668. The Morgan fingerprint density at radius 1 is 1.12 bits per heavy atom. The molecular weight excluding hydrogens is 322 g/mol. The van der Waals surface area contributed by atoms with Gasteiger partial charge in [-0.1, -0.05) is 62.7 Å². The lowest BCUT2D eigenvalue weighted by Crippen LogP contribution is -2.28. The molecule has 2 aromatic carbocycles. The lowest BCUT2D eigenvalue weighted by atomic mass is 10.1. The van der Waals surface area contributed by atoms with E-state index in [1.165, 1.54) is 5.52 Å². The van der Waals surface area contributed by atoms with Gasteiger partial charge < -0.3 is 9.88 Å². The molecule has 1 amide bonds. The Labute approximate surface area is 155 Å². The zero-order valence-electron chi connectivity index (χ0n) is 15.6. The highest BCUT2D eigenvalue weighted by molar-refractivity contribution is 5.78. The number of amides is 1. The predicted molar refractivity (Wildman–Crippen MR) is 106 cm³/mol. The third kappa shape index (κ3) is 4.51. The standard InChI is InChI=1S/C22H27N3O/c1-3-17(2)16-25-20-12-8-7-11-19(20)24-21(25)13-14-23-22(26)15-18-9-5-4-6-10-18/h4-12,17H,3,13-16H2,1-2H3,(H,23,26). The Kier molecular flexibility index (Phi) is 6.05. The number of carbonyl (C=O) groups is 1. The first-order valence-corrected chi connectivity index (χ1v) is 9.42. The van der Waals surface area contributed by atoms with Crippen LogP contribution < -0.4 is 5.32 Å². The van der Waals surface area contributed by atoms with Gasteiger partial charge in [0.2, 0.25) is 5.91 Å². The van der Waals surface area contributed by atoms with Crippen molar-refractivity contribution >= 4 is 16.9 Å². The van der Waals surface area contributed by atoms with Crippen LogP contribution in [0.4, 0.5) is 0 Å². The molecule has 0 aliphatic rings. The third-order valence-electron chi connectivity index (χ3n) is 4.80. The van der Waals surface area contributed by atoms with Crippen LogP contribution >= 0.6 is 0 Å². The second-order valence-electron chi connectivity index (χ2n) is 6.90. The summed E-state index contributed by atoms with van der Waals surface area (Å²) in [5.41, 5.74) is 3.24. The van der Waals surface area contributed by atoms with Crippen LogP contribution in [0.1, 0.15) is 31.7 Å². The van der Waals surface area contributed by atoms with E-state index in [4.69, 9.17) is 4.98 Å². The summed E-state index contributed by atoms with van der Waals surface area (Å²) in [6.45, 7) is 6.05. The van der Waals surface area contributed by atoms with E-state index in [0.29, 0.717) is 18.9 Å². The Bertz CT molecular complexity index is 854. The molecular formula is C22H27N3O. The van der Waals surface area contributed by atoms with Gasteiger partial charge in [-0.3, -0.25) is 4.79 Å². The van der Waals surface area contributed by atoms with Crippen molar-refractivity contribution in [2.45, 2.75) is 39.7 Å². The minimum Gasteiger partial charge on any atom is -0.355 e. The number of nitrogens with zero attached hydrogens (tertiary/aromatic N) is 2. The molecule has 4 heteroatoms. The molecule has 4 nitrogen and oxygen atoms in total. The van der Waals surface area contributed by atoms with Gasteiger partial charge in [0.1, 0.15) is 5.82 Å². The van der Waals surface area contributed by atoms with Crippen molar-refractivity contribution in [2.24, 2.45) is 5.92 Å². The highest BCUT2D eigenvalue weighted by atomic mass is 16.1. The van der Waals surface area contributed by atoms with Crippen molar-refractivity contribution < 1.29 is 4.79 Å². The first kappa shape index (κ1) is 18.2. The highest BCUT2D eigenvalue weighted by Gasteiger charge is 2.13. The maximum Gasteiger partial charge on any atom is 0.224 e. The zero-order valence-corrected chi connectivity index (χ0v) is 15.6. The summed E-state index contributed by atoms with van der Waals surface area (Å²) in [6.07, 6.45) is 2.30. The SMILES string of the molecule is CCC(C)Cn1c(CCNC(=O)Cc2ccccc2)nc2ccccc21. The maximum atomic E-state index is 12.1. The lowest BCUT2D eigenvalue weighted by molar-refractivity contribution is -0.120. The van der Waals surface area contributed by atoms with Gasteiger partial charge in [0.25, 0.3) is 0 Å². The minimum absolute atomic E-state index is 0.0563. The number of para-hydroxylation sites is 2. The van der Waals surface area contributed by atoms with Gasteiger partial charge in [0, 0.05) is 19.5 Å². The molecule has 0 radical (unpaired) electrons. The van der Waals surface area contributed by atoms with E-state index in [0.717, 1.165) is 36.3 Å². The zero-order chi connectivity index (χ0) is 18.4. The van der Waals surface area contributed by atoms with Gasteiger partial charge in [-0.15, -0.1) is 0 Å².